The van der Waals surface area contributed by atoms with Crippen molar-refractivity contribution in [2.75, 3.05) is 37.7 Å². The molecule has 2 fully saturated rings. The second-order valence-corrected chi connectivity index (χ2v) is 10.6. The van der Waals surface area contributed by atoms with Gasteiger partial charge in [0, 0.05) is 49.7 Å². The highest BCUT2D eigenvalue weighted by Gasteiger charge is 2.32. The molecule has 196 valence electrons. The number of carbonyl (C=O) groups excluding carboxylic acids is 2. The van der Waals surface area contributed by atoms with E-state index in [0.717, 1.165) is 55.5 Å². The van der Waals surface area contributed by atoms with Crippen molar-refractivity contribution in [2.45, 2.75) is 39.3 Å². The van der Waals surface area contributed by atoms with Crippen LogP contribution in [-0.2, 0) is 28.9 Å². The Labute approximate surface area is 226 Å². The van der Waals surface area contributed by atoms with Crippen LogP contribution in [0.4, 0.5) is 5.69 Å². The molecule has 0 bridgehead atoms. The molecule has 0 unspecified atom stereocenters. The Morgan fingerprint density at radius 2 is 1.73 bits per heavy atom. The first kappa shape index (κ1) is 27.2. The largest absolute Gasteiger partial charge is 0.379 e. The zero-order chi connectivity index (χ0) is 24.9. The van der Waals surface area contributed by atoms with E-state index in [4.69, 9.17) is 16.3 Å². The molecule has 0 radical (unpaired) electrons. The summed E-state index contributed by atoms with van der Waals surface area (Å²) in [6, 6.07) is 15.5. The van der Waals surface area contributed by atoms with Crippen molar-refractivity contribution in [2.24, 2.45) is 0 Å². The van der Waals surface area contributed by atoms with Gasteiger partial charge in [-0.1, -0.05) is 54.6 Å². The van der Waals surface area contributed by atoms with Crippen LogP contribution in [0.1, 0.15) is 39.8 Å². The zero-order valence-corrected chi connectivity index (χ0v) is 21.4. The van der Waals surface area contributed by atoms with E-state index in [1.54, 1.807) is 4.90 Å². The third-order valence-electron chi connectivity index (χ3n) is 6.42. The number of morpholine rings is 1. The Balaban J connectivity index is 0.00000320. The molecule has 37 heavy (non-hydrogen) atoms. The van der Waals surface area contributed by atoms with Crippen LogP contribution in [0, 0.1) is 0 Å². The van der Waals surface area contributed by atoms with Gasteiger partial charge in [-0.15, -0.1) is 10.2 Å². The van der Waals surface area contributed by atoms with Crippen molar-refractivity contribution < 1.29 is 14.3 Å². The average Bonchev–Trinajstić information content (AvgIpc) is 3.51. The summed E-state index contributed by atoms with van der Waals surface area (Å²) in [4.78, 5) is 29.5. The van der Waals surface area contributed by atoms with Crippen LogP contribution < -0.4 is 10.2 Å². The van der Waals surface area contributed by atoms with E-state index < -0.39 is 0 Å². The number of rotatable bonds is 8. The topological polar surface area (TPSA) is 87.7 Å². The fraction of sp³-hybridized carbons (Fsp3) is 0.407. The molecule has 3 heterocycles. The van der Waals surface area contributed by atoms with Gasteiger partial charge in [0.1, 0.15) is 5.01 Å². The highest BCUT2D eigenvalue weighted by Crippen LogP contribution is 2.23. The molecule has 2 saturated heterocycles. The number of hydrogen-bond donors (Lipinski definition) is 1. The van der Waals surface area contributed by atoms with Crippen molar-refractivity contribution in [3.05, 3.63) is 74.7 Å². The van der Waals surface area contributed by atoms with Gasteiger partial charge in [-0.25, -0.2) is 0 Å². The molecule has 8 nitrogen and oxygen atoms in total. The van der Waals surface area contributed by atoms with E-state index in [-0.39, 0.29) is 31.7 Å². The fourth-order valence-electron chi connectivity index (χ4n) is 4.45. The zero-order valence-electron chi connectivity index (χ0n) is 19.9. The maximum Gasteiger partial charge on any atom is 0.282 e. The first-order valence-corrected chi connectivity index (χ1v) is 13.3. The molecule has 2 aromatic carbocycles. The average molecular weight is 542 g/mol. The lowest BCUT2D eigenvalue weighted by atomic mass is 10.1. The normalized spacial score (nSPS) is 18.0. The molecule has 1 atom stereocenters. The molecule has 0 saturated carbocycles. The molecule has 0 aliphatic carbocycles. The number of hydrogen-bond acceptors (Lipinski definition) is 7. The van der Waals surface area contributed by atoms with Crippen LogP contribution in [0.2, 0.25) is 5.02 Å². The number of anilines is 1. The van der Waals surface area contributed by atoms with Gasteiger partial charge in [0.05, 0.1) is 19.3 Å². The minimum absolute atomic E-state index is 0. The molecule has 2 aliphatic heterocycles. The highest BCUT2D eigenvalue weighted by molar-refractivity contribution is 7.13. The van der Waals surface area contributed by atoms with Crippen LogP contribution >= 0.6 is 22.9 Å². The molecule has 10 heteroatoms. The SMILES string of the molecule is C.O=C(N[C@@H]1CC(=O)N(c2ccc(CN3CCOCC3)cc2)C1)c1nnc(CCc2ccc(Cl)cc2)s1. The Bertz CT molecular complexity index is 1200. The minimum atomic E-state index is -0.286. The van der Waals surface area contributed by atoms with Gasteiger partial charge in [-0.05, 0) is 41.8 Å². The number of halogens is 1. The number of ether oxygens (including phenoxy) is 1. The van der Waals surface area contributed by atoms with E-state index in [1.807, 2.05) is 36.4 Å². The Hall–Kier alpha value is -2.85. The number of nitrogens with zero attached hydrogens (tertiary/aromatic N) is 4. The predicted octanol–water partition coefficient (Wildman–Crippen LogP) is 3.98. The number of carbonyl (C=O) groups is 2. The van der Waals surface area contributed by atoms with E-state index in [9.17, 15) is 9.59 Å². The Morgan fingerprint density at radius 3 is 2.46 bits per heavy atom. The van der Waals surface area contributed by atoms with Crippen LogP contribution in [-0.4, -0.2) is 65.8 Å². The minimum Gasteiger partial charge on any atom is -0.379 e. The van der Waals surface area contributed by atoms with Crippen molar-refractivity contribution in [1.82, 2.24) is 20.4 Å². The molecule has 1 aromatic heterocycles. The molecule has 3 aromatic rings. The van der Waals surface area contributed by atoms with Gasteiger partial charge in [0.25, 0.3) is 5.91 Å². The van der Waals surface area contributed by atoms with Gasteiger partial charge in [0.2, 0.25) is 10.9 Å². The van der Waals surface area contributed by atoms with Gasteiger partial charge in [-0.2, -0.15) is 0 Å². The van der Waals surface area contributed by atoms with Crippen molar-refractivity contribution in [1.29, 1.82) is 0 Å². The molecular weight excluding hydrogens is 510 g/mol. The first-order chi connectivity index (χ1) is 17.5. The molecule has 5 rings (SSSR count). The molecule has 2 aliphatic rings. The molecule has 2 amide bonds. The predicted molar refractivity (Wildman–Crippen MR) is 146 cm³/mol. The summed E-state index contributed by atoms with van der Waals surface area (Å²) < 4.78 is 5.41. The van der Waals surface area contributed by atoms with Crippen molar-refractivity contribution in [3.63, 3.8) is 0 Å². The second kappa shape index (κ2) is 12.6. The maximum atomic E-state index is 12.7. The monoisotopic (exact) mass is 541 g/mol. The number of aryl methyl sites for hydroxylation is 2. The number of nitrogens with one attached hydrogen (secondary N) is 1. The van der Waals surface area contributed by atoms with E-state index in [1.165, 1.54) is 16.9 Å². The van der Waals surface area contributed by atoms with Crippen LogP contribution in [0.25, 0.3) is 0 Å². The summed E-state index contributed by atoms with van der Waals surface area (Å²) >= 11 is 7.22. The summed E-state index contributed by atoms with van der Waals surface area (Å²) in [5, 5.41) is 13.0. The van der Waals surface area contributed by atoms with Crippen LogP contribution in [0.5, 0.6) is 0 Å². The third-order valence-corrected chi connectivity index (χ3v) is 7.65. The van der Waals surface area contributed by atoms with Crippen LogP contribution in [0.3, 0.4) is 0 Å². The lowest BCUT2D eigenvalue weighted by Crippen LogP contribution is -2.37. The summed E-state index contributed by atoms with van der Waals surface area (Å²) in [5.41, 5.74) is 3.21. The number of aromatic nitrogens is 2. The summed E-state index contributed by atoms with van der Waals surface area (Å²) in [5.74, 6) is -0.284. The van der Waals surface area contributed by atoms with Gasteiger partial charge in [-0.3, -0.25) is 14.5 Å². The van der Waals surface area contributed by atoms with Crippen LogP contribution in [0.15, 0.2) is 48.5 Å². The lowest BCUT2D eigenvalue weighted by Gasteiger charge is -2.26. The summed E-state index contributed by atoms with van der Waals surface area (Å²) in [7, 11) is 0. The van der Waals surface area contributed by atoms with Crippen molar-refractivity contribution in [3.8, 4) is 0 Å². The lowest BCUT2D eigenvalue weighted by molar-refractivity contribution is -0.117. The van der Waals surface area contributed by atoms with Crippen molar-refractivity contribution >= 4 is 40.4 Å². The summed E-state index contributed by atoms with van der Waals surface area (Å²) in [6.45, 7) is 4.73. The third kappa shape index (κ3) is 7.13. The van der Waals surface area contributed by atoms with Gasteiger partial charge in [0.15, 0.2) is 0 Å². The van der Waals surface area contributed by atoms with E-state index >= 15 is 0 Å². The molecule has 1 N–H and O–H groups in total. The Morgan fingerprint density at radius 1 is 1.03 bits per heavy atom. The highest BCUT2D eigenvalue weighted by atomic mass is 35.5. The summed E-state index contributed by atoms with van der Waals surface area (Å²) in [6.07, 6.45) is 1.76. The number of benzene rings is 2. The fourth-order valence-corrected chi connectivity index (χ4v) is 5.32. The smallest absolute Gasteiger partial charge is 0.282 e. The molecular formula is C27H32ClN5O3S. The maximum absolute atomic E-state index is 12.7. The quantitative estimate of drug-likeness (QED) is 0.464. The standard InChI is InChI=1S/C26H28ClN5O3S.CH4/c27-20-6-1-18(2-7-20)5-10-23-29-30-26(36-23)25(34)28-21-15-24(33)32(17-21)22-8-3-19(4-9-22)16-31-11-13-35-14-12-31;/h1-4,6-9,21H,5,10-17H2,(H,28,34);1H4/t21-;/m1./s1. The number of amides is 2. The van der Waals surface area contributed by atoms with E-state index in [2.05, 4.69) is 32.5 Å². The van der Waals surface area contributed by atoms with Gasteiger partial charge >= 0.3 is 0 Å². The first-order valence-electron chi connectivity index (χ1n) is 12.1. The second-order valence-electron chi connectivity index (χ2n) is 9.06. The van der Waals surface area contributed by atoms with Gasteiger partial charge < -0.3 is 15.0 Å². The Kier molecular flexibility index (Phi) is 9.26. The molecule has 0 spiro atoms. The van der Waals surface area contributed by atoms with E-state index in [0.29, 0.717) is 23.0 Å².